The minimum Gasteiger partial charge on any atom is -0.494 e. The van der Waals surface area contributed by atoms with Crippen LogP contribution in [-0.2, 0) is 9.53 Å². The zero-order chi connectivity index (χ0) is 13.2. The summed E-state index contributed by atoms with van der Waals surface area (Å²) >= 11 is 0. The second-order valence-corrected chi connectivity index (χ2v) is 4.28. The minimum absolute atomic E-state index is 0.153. The van der Waals surface area contributed by atoms with Crippen molar-refractivity contribution in [3.05, 3.63) is 24.0 Å². The van der Waals surface area contributed by atoms with Crippen LogP contribution >= 0.6 is 0 Å². The van der Waals surface area contributed by atoms with Crippen LogP contribution in [0.25, 0.3) is 0 Å². The summed E-state index contributed by atoms with van der Waals surface area (Å²) in [7, 11) is 1.39. The van der Waals surface area contributed by atoms with Crippen LogP contribution < -0.4 is 10.1 Å². The van der Waals surface area contributed by atoms with Crippen LogP contribution in [0.15, 0.2) is 18.2 Å². The molecule has 18 heavy (non-hydrogen) atoms. The van der Waals surface area contributed by atoms with Gasteiger partial charge in [0.25, 0.3) is 0 Å². The van der Waals surface area contributed by atoms with E-state index in [-0.39, 0.29) is 25.5 Å². The third kappa shape index (κ3) is 2.24. The molecular weight excluding hydrogens is 241 g/mol. The van der Waals surface area contributed by atoms with E-state index in [1.165, 1.54) is 19.2 Å². The quantitative estimate of drug-likeness (QED) is 0.831. The van der Waals surface area contributed by atoms with Crippen molar-refractivity contribution in [2.75, 3.05) is 32.2 Å². The van der Waals surface area contributed by atoms with E-state index in [0.717, 1.165) is 0 Å². The van der Waals surface area contributed by atoms with Crippen molar-refractivity contribution < 1.29 is 23.8 Å². The fraction of sp³-hybridized carbons (Fsp3) is 0.417. The maximum Gasteiger partial charge on any atom is 0.316 e. The van der Waals surface area contributed by atoms with Gasteiger partial charge in [0.15, 0.2) is 11.6 Å². The Kier molecular flexibility index (Phi) is 3.38. The van der Waals surface area contributed by atoms with Gasteiger partial charge in [-0.25, -0.2) is 4.39 Å². The summed E-state index contributed by atoms with van der Waals surface area (Å²) in [6.45, 7) is 0.552. The highest BCUT2D eigenvalue weighted by Crippen LogP contribution is 2.29. The number of carboxylic acid groups (broad SMARTS) is 1. The van der Waals surface area contributed by atoms with E-state index in [4.69, 9.17) is 14.6 Å². The summed E-state index contributed by atoms with van der Waals surface area (Å²) in [4.78, 5) is 11.1. The molecule has 1 aromatic rings. The van der Waals surface area contributed by atoms with Gasteiger partial charge in [0.2, 0.25) is 0 Å². The van der Waals surface area contributed by atoms with Gasteiger partial charge in [0.05, 0.1) is 20.3 Å². The largest absolute Gasteiger partial charge is 0.494 e. The molecule has 0 unspecified atom stereocenters. The van der Waals surface area contributed by atoms with Gasteiger partial charge in [-0.05, 0) is 12.1 Å². The van der Waals surface area contributed by atoms with Gasteiger partial charge in [-0.2, -0.15) is 0 Å². The molecule has 0 aliphatic carbocycles. The molecule has 0 saturated carbocycles. The highest BCUT2D eigenvalue weighted by atomic mass is 19.1. The van der Waals surface area contributed by atoms with Crippen molar-refractivity contribution in [2.24, 2.45) is 5.41 Å². The first kappa shape index (κ1) is 12.6. The highest BCUT2D eigenvalue weighted by Gasteiger charge is 2.46. The van der Waals surface area contributed by atoms with E-state index < -0.39 is 17.2 Å². The number of aliphatic carboxylic acids is 1. The topological polar surface area (TPSA) is 67.8 Å². The molecule has 1 aliphatic heterocycles. The predicted molar refractivity (Wildman–Crippen MR) is 62.3 cm³/mol. The summed E-state index contributed by atoms with van der Waals surface area (Å²) in [6.07, 6.45) is 0. The number of rotatable bonds is 5. The Labute approximate surface area is 104 Å². The summed E-state index contributed by atoms with van der Waals surface area (Å²) in [6, 6.07) is 4.40. The Morgan fingerprint density at radius 3 is 2.78 bits per heavy atom. The van der Waals surface area contributed by atoms with Crippen LogP contribution in [0.5, 0.6) is 5.75 Å². The van der Waals surface area contributed by atoms with Gasteiger partial charge in [-0.1, -0.05) is 0 Å². The number of hydrogen-bond acceptors (Lipinski definition) is 4. The van der Waals surface area contributed by atoms with Crippen LogP contribution in [0.1, 0.15) is 0 Å². The molecule has 1 aliphatic rings. The summed E-state index contributed by atoms with van der Waals surface area (Å²) in [5.74, 6) is -1.24. The number of anilines is 1. The standard InChI is InChI=1S/C12H14FNO4/c1-17-10-3-2-8(4-9(10)13)14-5-12(11(15)16)6-18-7-12/h2-4,14H,5-7H2,1H3,(H,15,16). The minimum atomic E-state index is -0.907. The number of methoxy groups -OCH3 is 1. The lowest BCUT2D eigenvalue weighted by Crippen LogP contribution is -2.53. The van der Waals surface area contributed by atoms with Crippen molar-refractivity contribution in [1.82, 2.24) is 0 Å². The smallest absolute Gasteiger partial charge is 0.316 e. The summed E-state index contributed by atoms with van der Waals surface area (Å²) < 4.78 is 23.2. The molecule has 1 saturated heterocycles. The van der Waals surface area contributed by atoms with Crippen LogP contribution in [0.2, 0.25) is 0 Å². The molecule has 1 fully saturated rings. The van der Waals surface area contributed by atoms with Gasteiger partial charge < -0.3 is 19.9 Å². The maximum atomic E-state index is 13.4. The fourth-order valence-corrected chi connectivity index (χ4v) is 1.70. The number of hydrogen-bond donors (Lipinski definition) is 2. The molecule has 2 N–H and O–H groups in total. The van der Waals surface area contributed by atoms with E-state index in [1.54, 1.807) is 6.07 Å². The Hall–Kier alpha value is -1.82. The predicted octanol–water partition coefficient (Wildman–Crippen LogP) is 1.35. The molecule has 2 rings (SSSR count). The highest BCUT2D eigenvalue weighted by molar-refractivity contribution is 5.77. The first-order valence-electron chi connectivity index (χ1n) is 5.46. The van der Waals surface area contributed by atoms with Crippen LogP contribution in [-0.4, -0.2) is 37.9 Å². The Morgan fingerprint density at radius 1 is 1.61 bits per heavy atom. The normalized spacial score (nSPS) is 16.8. The fourth-order valence-electron chi connectivity index (χ4n) is 1.70. The van der Waals surface area contributed by atoms with Crippen LogP contribution in [0.3, 0.4) is 0 Å². The first-order valence-corrected chi connectivity index (χ1v) is 5.46. The number of nitrogens with one attached hydrogen (secondary N) is 1. The zero-order valence-electron chi connectivity index (χ0n) is 9.90. The van der Waals surface area contributed by atoms with Gasteiger partial charge in [0, 0.05) is 18.3 Å². The molecule has 0 spiro atoms. The van der Waals surface area contributed by atoms with E-state index in [1.807, 2.05) is 0 Å². The second kappa shape index (κ2) is 4.81. The van der Waals surface area contributed by atoms with Crippen molar-refractivity contribution in [2.45, 2.75) is 0 Å². The number of carboxylic acids is 1. The van der Waals surface area contributed by atoms with Crippen molar-refractivity contribution in [3.8, 4) is 5.75 Å². The Balaban J connectivity index is 2.02. The lowest BCUT2D eigenvalue weighted by Gasteiger charge is -2.37. The zero-order valence-corrected chi connectivity index (χ0v) is 9.90. The molecule has 0 amide bonds. The number of ether oxygens (including phenoxy) is 2. The van der Waals surface area contributed by atoms with Crippen LogP contribution in [0, 0.1) is 11.2 Å². The second-order valence-electron chi connectivity index (χ2n) is 4.28. The average Bonchev–Trinajstić information content (AvgIpc) is 2.27. The third-order valence-corrected chi connectivity index (χ3v) is 2.99. The average molecular weight is 255 g/mol. The molecule has 1 aromatic carbocycles. The van der Waals surface area contributed by atoms with E-state index in [2.05, 4.69) is 5.32 Å². The molecule has 0 atom stereocenters. The molecule has 5 nitrogen and oxygen atoms in total. The lowest BCUT2D eigenvalue weighted by molar-refractivity contribution is -0.176. The van der Waals surface area contributed by atoms with Crippen molar-refractivity contribution >= 4 is 11.7 Å². The van der Waals surface area contributed by atoms with Gasteiger partial charge in [0.1, 0.15) is 5.41 Å². The number of benzene rings is 1. The molecule has 6 heteroatoms. The number of halogens is 1. The van der Waals surface area contributed by atoms with Gasteiger partial charge in [-0.15, -0.1) is 0 Å². The maximum absolute atomic E-state index is 13.4. The van der Waals surface area contributed by atoms with Gasteiger partial charge in [-0.3, -0.25) is 4.79 Å². The molecular formula is C12H14FNO4. The van der Waals surface area contributed by atoms with Crippen molar-refractivity contribution in [3.63, 3.8) is 0 Å². The SMILES string of the molecule is COc1ccc(NCC2(C(=O)O)COC2)cc1F. The van der Waals surface area contributed by atoms with E-state index in [0.29, 0.717) is 5.69 Å². The van der Waals surface area contributed by atoms with E-state index in [9.17, 15) is 9.18 Å². The number of carbonyl (C=O) groups is 1. The lowest BCUT2D eigenvalue weighted by atomic mass is 9.86. The van der Waals surface area contributed by atoms with Gasteiger partial charge >= 0.3 is 5.97 Å². The Bertz CT molecular complexity index is 459. The summed E-state index contributed by atoms with van der Waals surface area (Å²) in [5, 5.41) is 12.0. The Morgan fingerprint density at radius 2 is 2.33 bits per heavy atom. The van der Waals surface area contributed by atoms with Crippen LogP contribution in [0.4, 0.5) is 10.1 Å². The third-order valence-electron chi connectivity index (χ3n) is 2.99. The van der Waals surface area contributed by atoms with E-state index >= 15 is 0 Å². The molecule has 0 aromatic heterocycles. The molecule has 0 bridgehead atoms. The molecule has 98 valence electrons. The molecule has 1 heterocycles. The monoisotopic (exact) mass is 255 g/mol. The first-order chi connectivity index (χ1) is 8.57. The summed E-state index contributed by atoms with van der Waals surface area (Å²) in [5.41, 5.74) is -0.392. The van der Waals surface area contributed by atoms with Crippen molar-refractivity contribution in [1.29, 1.82) is 0 Å². The molecule has 0 radical (unpaired) electrons.